The van der Waals surface area contributed by atoms with Crippen molar-refractivity contribution < 1.29 is 19.4 Å². The van der Waals surface area contributed by atoms with E-state index in [1.807, 2.05) is 0 Å². The molecule has 0 saturated carbocycles. The normalized spacial score (nSPS) is 12.7. The molecule has 0 aromatic carbocycles. The second-order valence-corrected chi connectivity index (χ2v) is 13.1. The molecule has 0 aromatic heterocycles. The number of rotatable bonds is 35. The van der Waals surface area contributed by atoms with Gasteiger partial charge in [0.1, 0.15) is 6.10 Å². The molecule has 0 rings (SSSR count). The van der Waals surface area contributed by atoms with E-state index in [9.17, 15) is 9.59 Å². The SMILES string of the molecule is CCCCC/C=C\C/C=C\C/C=C\C/C=C\CCCCCC(=O)OC(CCCCCCCCCCCCCCC)CCCC(=O)O. The van der Waals surface area contributed by atoms with E-state index in [2.05, 4.69) is 62.5 Å². The van der Waals surface area contributed by atoms with E-state index in [1.165, 1.54) is 103 Å². The van der Waals surface area contributed by atoms with E-state index in [0.29, 0.717) is 19.3 Å². The number of hydrogen-bond donors (Lipinski definition) is 1. The first-order valence-electron chi connectivity index (χ1n) is 19.6. The smallest absolute Gasteiger partial charge is 0.306 e. The van der Waals surface area contributed by atoms with Gasteiger partial charge < -0.3 is 9.84 Å². The van der Waals surface area contributed by atoms with Crippen molar-refractivity contribution in [2.24, 2.45) is 0 Å². The van der Waals surface area contributed by atoms with Crippen LogP contribution < -0.4 is 0 Å². The van der Waals surface area contributed by atoms with E-state index < -0.39 is 5.97 Å². The van der Waals surface area contributed by atoms with Gasteiger partial charge in [0.25, 0.3) is 0 Å². The molecule has 0 bridgehead atoms. The maximum absolute atomic E-state index is 12.5. The summed E-state index contributed by atoms with van der Waals surface area (Å²) in [5.41, 5.74) is 0. The minimum Gasteiger partial charge on any atom is -0.481 e. The van der Waals surface area contributed by atoms with E-state index in [0.717, 1.165) is 57.8 Å². The number of esters is 1. The molecule has 266 valence electrons. The van der Waals surface area contributed by atoms with Gasteiger partial charge >= 0.3 is 11.9 Å². The molecule has 1 N–H and O–H groups in total. The second kappa shape index (κ2) is 37.4. The molecule has 0 radical (unpaired) electrons. The Kier molecular flexibility index (Phi) is 35.7. The molecule has 0 spiro atoms. The Morgan fingerprint density at radius 1 is 0.478 bits per heavy atom. The van der Waals surface area contributed by atoms with Crippen molar-refractivity contribution in [1.29, 1.82) is 0 Å². The molecule has 46 heavy (non-hydrogen) atoms. The Morgan fingerprint density at radius 3 is 1.37 bits per heavy atom. The van der Waals surface area contributed by atoms with Gasteiger partial charge in [-0.2, -0.15) is 0 Å². The third-order valence-electron chi connectivity index (χ3n) is 8.55. The average molecular weight is 643 g/mol. The molecule has 0 saturated heterocycles. The molecule has 1 unspecified atom stereocenters. The minimum absolute atomic E-state index is 0.118. The average Bonchev–Trinajstić information content (AvgIpc) is 3.04. The molecule has 0 heterocycles. The van der Waals surface area contributed by atoms with Crippen LogP contribution in [-0.2, 0) is 14.3 Å². The van der Waals surface area contributed by atoms with Crippen LogP contribution in [0.1, 0.15) is 200 Å². The highest BCUT2D eigenvalue weighted by molar-refractivity contribution is 5.69. The first-order chi connectivity index (χ1) is 22.6. The van der Waals surface area contributed by atoms with Crippen molar-refractivity contribution in [3.63, 3.8) is 0 Å². The van der Waals surface area contributed by atoms with Gasteiger partial charge in [-0.15, -0.1) is 0 Å². The highest BCUT2D eigenvalue weighted by Crippen LogP contribution is 2.18. The molecule has 0 aliphatic rings. The topological polar surface area (TPSA) is 63.6 Å². The fraction of sp³-hybridized carbons (Fsp3) is 0.762. The zero-order valence-electron chi connectivity index (χ0n) is 30.4. The van der Waals surface area contributed by atoms with Crippen LogP contribution in [0.2, 0.25) is 0 Å². The Balaban J connectivity index is 3.90. The highest BCUT2D eigenvalue weighted by Gasteiger charge is 2.15. The number of carboxylic acid groups (broad SMARTS) is 1. The largest absolute Gasteiger partial charge is 0.481 e. The van der Waals surface area contributed by atoms with Crippen molar-refractivity contribution in [3.05, 3.63) is 48.6 Å². The summed E-state index contributed by atoms with van der Waals surface area (Å²) in [6.45, 7) is 4.51. The van der Waals surface area contributed by atoms with Crippen LogP contribution in [0.25, 0.3) is 0 Å². The number of hydrogen-bond acceptors (Lipinski definition) is 3. The lowest BCUT2D eigenvalue weighted by atomic mass is 10.0. The van der Waals surface area contributed by atoms with Crippen LogP contribution in [0.4, 0.5) is 0 Å². The first-order valence-corrected chi connectivity index (χ1v) is 19.6. The van der Waals surface area contributed by atoms with Gasteiger partial charge in [-0.25, -0.2) is 0 Å². The van der Waals surface area contributed by atoms with E-state index >= 15 is 0 Å². The molecule has 0 aliphatic heterocycles. The van der Waals surface area contributed by atoms with E-state index in [4.69, 9.17) is 9.84 Å². The Bertz CT molecular complexity index is 779. The minimum atomic E-state index is -0.778. The summed E-state index contributed by atoms with van der Waals surface area (Å²) in [7, 11) is 0. The van der Waals surface area contributed by atoms with Crippen LogP contribution in [0.5, 0.6) is 0 Å². The summed E-state index contributed by atoms with van der Waals surface area (Å²) in [6.07, 6.45) is 49.8. The van der Waals surface area contributed by atoms with Gasteiger partial charge in [0.05, 0.1) is 0 Å². The summed E-state index contributed by atoms with van der Waals surface area (Å²) in [4.78, 5) is 23.5. The predicted molar refractivity (Wildman–Crippen MR) is 199 cm³/mol. The lowest BCUT2D eigenvalue weighted by Gasteiger charge is -2.18. The van der Waals surface area contributed by atoms with Gasteiger partial charge in [-0.3, -0.25) is 9.59 Å². The highest BCUT2D eigenvalue weighted by atomic mass is 16.5. The second-order valence-electron chi connectivity index (χ2n) is 13.1. The number of carbonyl (C=O) groups excluding carboxylic acids is 1. The monoisotopic (exact) mass is 643 g/mol. The van der Waals surface area contributed by atoms with Crippen LogP contribution in [0, 0.1) is 0 Å². The van der Waals surface area contributed by atoms with Crippen molar-refractivity contribution >= 4 is 11.9 Å². The lowest BCUT2D eigenvalue weighted by Crippen LogP contribution is -2.18. The number of allylic oxidation sites excluding steroid dienone is 8. The zero-order valence-corrected chi connectivity index (χ0v) is 30.4. The van der Waals surface area contributed by atoms with E-state index in [-0.39, 0.29) is 18.5 Å². The molecule has 0 aromatic rings. The van der Waals surface area contributed by atoms with Gasteiger partial charge in [-0.05, 0) is 77.0 Å². The molecule has 0 aliphatic carbocycles. The van der Waals surface area contributed by atoms with Crippen LogP contribution in [0.3, 0.4) is 0 Å². The predicted octanol–water partition coefficient (Wildman–Crippen LogP) is 13.6. The fourth-order valence-corrected chi connectivity index (χ4v) is 5.65. The molecule has 0 fully saturated rings. The Labute approximate surface area is 285 Å². The first kappa shape index (κ1) is 43.9. The molecular formula is C42H74O4. The van der Waals surface area contributed by atoms with Crippen LogP contribution in [-0.4, -0.2) is 23.1 Å². The number of unbranched alkanes of at least 4 members (excludes halogenated alkanes) is 18. The zero-order chi connectivity index (χ0) is 33.6. The quantitative estimate of drug-likeness (QED) is 0.0424. The summed E-state index contributed by atoms with van der Waals surface area (Å²) in [5, 5.41) is 9.01. The number of aliphatic carboxylic acids is 1. The summed E-state index contributed by atoms with van der Waals surface area (Å²) in [5.74, 6) is -0.895. The fourth-order valence-electron chi connectivity index (χ4n) is 5.65. The molecule has 0 amide bonds. The molecule has 4 heteroatoms. The number of ether oxygens (including phenoxy) is 1. The molecular weight excluding hydrogens is 568 g/mol. The van der Waals surface area contributed by atoms with Crippen LogP contribution >= 0.6 is 0 Å². The van der Waals surface area contributed by atoms with Crippen molar-refractivity contribution in [3.8, 4) is 0 Å². The Hall–Kier alpha value is -2.10. The maximum atomic E-state index is 12.5. The van der Waals surface area contributed by atoms with Gasteiger partial charge in [0.2, 0.25) is 0 Å². The third-order valence-corrected chi connectivity index (χ3v) is 8.55. The number of carbonyl (C=O) groups is 2. The Morgan fingerprint density at radius 2 is 0.870 bits per heavy atom. The summed E-state index contributed by atoms with van der Waals surface area (Å²) < 4.78 is 5.81. The van der Waals surface area contributed by atoms with Gasteiger partial charge in [0, 0.05) is 12.8 Å². The van der Waals surface area contributed by atoms with Gasteiger partial charge in [-0.1, -0.05) is 159 Å². The number of carboxylic acids is 1. The maximum Gasteiger partial charge on any atom is 0.306 e. The summed E-state index contributed by atoms with van der Waals surface area (Å²) in [6, 6.07) is 0. The summed E-state index contributed by atoms with van der Waals surface area (Å²) >= 11 is 0. The van der Waals surface area contributed by atoms with Crippen molar-refractivity contribution in [1.82, 2.24) is 0 Å². The van der Waals surface area contributed by atoms with Crippen molar-refractivity contribution in [2.75, 3.05) is 0 Å². The van der Waals surface area contributed by atoms with Gasteiger partial charge in [0.15, 0.2) is 0 Å². The van der Waals surface area contributed by atoms with Crippen LogP contribution in [0.15, 0.2) is 48.6 Å². The van der Waals surface area contributed by atoms with Crippen molar-refractivity contribution in [2.45, 2.75) is 206 Å². The standard InChI is InChI=1S/C42H74O4/c1-3-5-7-9-11-13-15-17-18-19-20-21-22-24-26-28-30-32-34-39-42(45)46-40(37-35-38-41(43)44)36-33-31-29-27-25-23-16-14-12-10-8-6-4-2/h11,13,17-18,20-21,24,26,40H,3-10,12,14-16,19,22-23,25,27-39H2,1-2H3,(H,43,44)/b13-11-,18-17-,21-20-,26-24-. The van der Waals surface area contributed by atoms with E-state index in [1.54, 1.807) is 0 Å². The molecule has 4 nitrogen and oxygen atoms in total. The third kappa shape index (κ3) is 36.4. The lowest BCUT2D eigenvalue weighted by molar-refractivity contribution is -0.150. The molecule has 1 atom stereocenters.